The van der Waals surface area contributed by atoms with E-state index in [9.17, 15) is 40.8 Å². The number of nitrogens with one attached hydrogen (secondary N) is 3. The van der Waals surface area contributed by atoms with Crippen molar-refractivity contribution in [3.8, 4) is 28.6 Å². The number of halogens is 3. The van der Waals surface area contributed by atoms with Gasteiger partial charge >= 0.3 is 12.5 Å². The Morgan fingerprint density at radius 2 is 1.73 bits per heavy atom. The van der Waals surface area contributed by atoms with Crippen LogP contribution in [0.4, 0.5) is 18.0 Å². The molecule has 0 spiro atoms. The number of aromatic nitrogens is 1. The minimum absolute atomic E-state index is 0.00895. The Hall–Kier alpha value is -5.63. The van der Waals surface area contributed by atoms with Gasteiger partial charge in [0.05, 0.1) is 31.2 Å². The van der Waals surface area contributed by atoms with Gasteiger partial charge in [-0.1, -0.05) is 12.2 Å². The van der Waals surface area contributed by atoms with Crippen LogP contribution in [0.3, 0.4) is 0 Å². The number of benzene rings is 2. The van der Waals surface area contributed by atoms with Gasteiger partial charge in [0, 0.05) is 36.3 Å². The molecule has 1 aromatic heterocycles. The second-order valence-corrected chi connectivity index (χ2v) is 18.7. The molecule has 7 rings (SSSR count). The molecule has 4 aliphatic rings. The summed E-state index contributed by atoms with van der Waals surface area (Å²) >= 11 is 0. The van der Waals surface area contributed by atoms with Crippen molar-refractivity contribution in [1.82, 2.24) is 25.2 Å². The van der Waals surface area contributed by atoms with Crippen LogP contribution in [-0.4, -0.2) is 110 Å². The number of carbonyl (C=O) groups excluding carboxylic acids is 4. The van der Waals surface area contributed by atoms with Crippen molar-refractivity contribution in [2.24, 2.45) is 5.92 Å². The van der Waals surface area contributed by atoms with Gasteiger partial charge in [0.2, 0.25) is 27.7 Å². The first-order valence-electron chi connectivity index (χ1n) is 20.2. The lowest BCUT2D eigenvalue weighted by Crippen LogP contribution is -2.58. The highest BCUT2D eigenvalue weighted by atomic mass is 32.2. The highest BCUT2D eigenvalue weighted by Gasteiger charge is 2.62. The van der Waals surface area contributed by atoms with Crippen molar-refractivity contribution in [3.05, 3.63) is 60.7 Å². The van der Waals surface area contributed by atoms with Gasteiger partial charge in [-0.15, -0.1) is 13.2 Å². The molecule has 1 unspecified atom stereocenters. The Morgan fingerprint density at radius 1 is 1.00 bits per heavy atom. The molecular weight excluding hydrogens is 840 g/mol. The van der Waals surface area contributed by atoms with E-state index >= 15 is 0 Å². The first-order chi connectivity index (χ1) is 29.2. The van der Waals surface area contributed by atoms with Gasteiger partial charge in [-0.2, -0.15) is 0 Å². The van der Waals surface area contributed by atoms with Crippen LogP contribution in [0.5, 0.6) is 17.4 Å². The van der Waals surface area contributed by atoms with E-state index in [0.717, 1.165) is 12.1 Å². The third kappa shape index (κ3) is 10.5. The van der Waals surface area contributed by atoms with Crippen molar-refractivity contribution in [2.75, 3.05) is 26.9 Å². The number of sulfonamides is 1. The molecule has 62 heavy (non-hydrogen) atoms. The predicted molar refractivity (Wildman–Crippen MR) is 216 cm³/mol. The summed E-state index contributed by atoms with van der Waals surface area (Å²) in [6, 6.07) is 9.38. The molecule has 2 saturated carbocycles. The number of ether oxygens (including phenoxy) is 5. The van der Waals surface area contributed by atoms with E-state index < -0.39 is 86.4 Å². The molecule has 0 radical (unpaired) electrons. The van der Waals surface area contributed by atoms with Crippen LogP contribution in [0.25, 0.3) is 22.0 Å². The van der Waals surface area contributed by atoms with E-state index in [1.54, 1.807) is 57.2 Å². The summed E-state index contributed by atoms with van der Waals surface area (Å²) in [4.78, 5) is 62.0. The van der Waals surface area contributed by atoms with Gasteiger partial charge in [0.1, 0.15) is 40.8 Å². The summed E-state index contributed by atoms with van der Waals surface area (Å²) in [7, 11) is -2.50. The van der Waals surface area contributed by atoms with Crippen molar-refractivity contribution >= 4 is 44.6 Å². The molecule has 3 heterocycles. The number of amides is 4. The molecule has 3 fully saturated rings. The van der Waals surface area contributed by atoms with Gasteiger partial charge < -0.3 is 39.2 Å². The summed E-state index contributed by atoms with van der Waals surface area (Å²) in [5.74, 6) is -2.73. The van der Waals surface area contributed by atoms with E-state index in [1.807, 2.05) is 0 Å². The molecule has 2 aromatic carbocycles. The number of carbonyl (C=O) groups is 4. The molecular formula is C42H48F3N5O11S. The molecule has 2 aliphatic heterocycles. The molecule has 0 bridgehead atoms. The number of hydrogen-bond acceptors (Lipinski definition) is 12. The fraction of sp³-hybridized carbons (Fsp3) is 0.500. The van der Waals surface area contributed by atoms with Crippen LogP contribution in [-0.2, 0) is 33.9 Å². The first-order valence-corrected chi connectivity index (χ1v) is 21.7. The number of nitrogens with zero attached hydrogens (tertiary/aromatic N) is 2. The van der Waals surface area contributed by atoms with Crippen LogP contribution in [0.15, 0.2) is 60.7 Å². The van der Waals surface area contributed by atoms with Crippen LogP contribution < -0.4 is 29.6 Å². The van der Waals surface area contributed by atoms with Crippen molar-refractivity contribution in [2.45, 2.75) is 100 Å². The number of fused-ring (bicyclic) bond motifs is 3. The number of pyridine rings is 1. The standard InChI is InChI=1S/C42H48F3N5O11S/c1-40(2,3)61-39(54)47-32-16-18-58-17-6-5-7-26-22-41(26,38(53)49-62(55,56)30-13-14-30)48-35(51)34-21-29(23-50(34)37(32)52)59-36-31-15-12-28(57-4)19-25(31)20-33(46-36)24-8-10-27(11-9-24)60-42(43,44)45/h5,7-12,15,19-20,26,29-30,32,34H,6,13-14,16-18,21-23H2,1-4H3,(H,47,54)(H,48,51)(H,49,53)/b7-5-/t26-,29?,32+,34+,41-/m1/s1. The summed E-state index contributed by atoms with van der Waals surface area (Å²) in [5, 5.41) is 5.82. The second kappa shape index (κ2) is 17.3. The maximum Gasteiger partial charge on any atom is 0.573 e. The first kappa shape index (κ1) is 44.4. The number of hydrogen-bond donors (Lipinski definition) is 3. The van der Waals surface area contributed by atoms with Crippen LogP contribution in [0.2, 0.25) is 0 Å². The minimum Gasteiger partial charge on any atom is -0.497 e. The zero-order chi connectivity index (χ0) is 44.6. The summed E-state index contributed by atoms with van der Waals surface area (Å²) in [6.45, 7) is 5.08. The molecule has 5 atom stereocenters. The molecule has 2 aliphatic carbocycles. The Bertz CT molecular complexity index is 2350. The fourth-order valence-electron chi connectivity index (χ4n) is 7.52. The lowest BCUT2D eigenvalue weighted by Gasteiger charge is -2.30. The molecule has 16 nitrogen and oxygen atoms in total. The van der Waals surface area contributed by atoms with E-state index in [0.29, 0.717) is 47.0 Å². The predicted octanol–water partition coefficient (Wildman–Crippen LogP) is 4.90. The molecule has 334 valence electrons. The number of methoxy groups -OCH3 is 1. The minimum atomic E-state index is -4.89. The third-order valence-corrected chi connectivity index (χ3v) is 12.6. The maximum absolute atomic E-state index is 14.6. The van der Waals surface area contributed by atoms with E-state index in [4.69, 9.17) is 23.9 Å². The number of rotatable bonds is 9. The van der Waals surface area contributed by atoms with Gasteiger partial charge in [0.15, 0.2) is 0 Å². The van der Waals surface area contributed by atoms with Crippen LogP contribution in [0, 0.1) is 5.92 Å². The van der Waals surface area contributed by atoms with Gasteiger partial charge in [0.25, 0.3) is 5.91 Å². The third-order valence-electron chi connectivity index (χ3n) is 10.8. The average Bonchev–Trinajstić information content (AvgIpc) is 4.12. The molecule has 3 N–H and O–H groups in total. The van der Waals surface area contributed by atoms with E-state index in [1.165, 1.54) is 24.1 Å². The maximum atomic E-state index is 14.6. The normalized spacial score (nSPS) is 25.2. The summed E-state index contributed by atoms with van der Waals surface area (Å²) < 4.78 is 93.9. The largest absolute Gasteiger partial charge is 0.573 e. The van der Waals surface area contributed by atoms with Crippen molar-refractivity contribution < 1.29 is 64.5 Å². The lowest BCUT2D eigenvalue weighted by molar-refractivity contribution is -0.274. The topological polar surface area (TPSA) is 201 Å². The highest BCUT2D eigenvalue weighted by molar-refractivity contribution is 7.91. The van der Waals surface area contributed by atoms with Gasteiger partial charge in [-0.3, -0.25) is 19.1 Å². The molecule has 20 heteroatoms. The Morgan fingerprint density at radius 3 is 2.40 bits per heavy atom. The monoisotopic (exact) mass is 887 g/mol. The highest BCUT2D eigenvalue weighted by Crippen LogP contribution is 2.46. The van der Waals surface area contributed by atoms with Gasteiger partial charge in [-0.05, 0) is 100 Å². The van der Waals surface area contributed by atoms with Gasteiger partial charge in [-0.25, -0.2) is 18.2 Å². The average molecular weight is 888 g/mol. The number of alkyl halides is 3. The Kier molecular flexibility index (Phi) is 12.4. The zero-order valence-corrected chi connectivity index (χ0v) is 35.3. The summed E-state index contributed by atoms with van der Waals surface area (Å²) in [5.41, 5.74) is -1.81. The number of alkyl carbamates (subject to hydrolysis) is 1. The van der Waals surface area contributed by atoms with E-state index in [-0.39, 0.29) is 44.9 Å². The molecule has 4 amide bonds. The quantitative estimate of drug-likeness (QED) is 0.246. The smallest absolute Gasteiger partial charge is 0.497 e. The second-order valence-electron chi connectivity index (χ2n) is 16.7. The Labute approximate surface area is 355 Å². The lowest BCUT2D eigenvalue weighted by atomic mass is 10.1. The van der Waals surface area contributed by atoms with Crippen molar-refractivity contribution in [1.29, 1.82) is 0 Å². The zero-order valence-electron chi connectivity index (χ0n) is 34.5. The summed E-state index contributed by atoms with van der Waals surface area (Å²) in [6.07, 6.45) is -1.95. The van der Waals surface area contributed by atoms with E-state index in [2.05, 4.69) is 20.1 Å². The molecule has 3 aromatic rings. The SMILES string of the molecule is COc1ccc2c(OC3C[C@H]4C(=O)N[C@]5(C(=O)NS(=O)(=O)C6CC6)C[C@H]5/C=C\CCOCC[C@H](NC(=O)OC(C)(C)C)C(=O)N4C3)nc(-c3ccc(OC(F)(F)F)cc3)cc2c1. The molecule has 1 saturated heterocycles. The Balaban J connectivity index is 1.23. The fourth-order valence-corrected chi connectivity index (χ4v) is 8.88. The van der Waals surface area contributed by atoms with Crippen LogP contribution >= 0.6 is 0 Å². The van der Waals surface area contributed by atoms with Crippen LogP contribution in [0.1, 0.15) is 59.3 Å². The van der Waals surface area contributed by atoms with Crippen molar-refractivity contribution in [3.63, 3.8) is 0 Å².